The number of anilines is 2. The molecule has 1 N–H and O–H groups in total. The molecule has 2 aliphatic heterocycles. The van der Waals surface area contributed by atoms with Crippen molar-refractivity contribution in [1.29, 1.82) is 0 Å². The van der Waals surface area contributed by atoms with Gasteiger partial charge in [0.1, 0.15) is 11.8 Å². The number of ether oxygens (including phenoxy) is 2. The van der Waals surface area contributed by atoms with Crippen LogP contribution in [0.4, 0.5) is 25.0 Å². The molecule has 0 radical (unpaired) electrons. The number of halogens is 2. The van der Waals surface area contributed by atoms with Gasteiger partial charge >= 0.3 is 29.1 Å². The van der Waals surface area contributed by atoms with Gasteiger partial charge in [-0.2, -0.15) is 0 Å². The zero-order valence-electron chi connectivity index (χ0n) is 18.8. The average Bonchev–Trinajstić information content (AvgIpc) is 3.07. The van der Waals surface area contributed by atoms with E-state index in [0.29, 0.717) is 0 Å². The molecule has 15 heteroatoms. The molecule has 1 aromatic carbocycles. The van der Waals surface area contributed by atoms with Crippen LogP contribution in [0.1, 0.15) is 19.8 Å². The van der Waals surface area contributed by atoms with Gasteiger partial charge in [0.2, 0.25) is 5.91 Å². The number of carbonyl (C=O) groups is 2. The number of methoxy groups -OCH3 is 1. The molecule has 34 heavy (non-hydrogen) atoms. The number of phosphoric acid groups is 1. The number of hydrogen-bond donors (Lipinski definition) is 1. The summed E-state index contributed by atoms with van der Waals surface area (Å²) in [6, 6.07) is 1.99. The second kappa shape index (κ2) is 11.5. The van der Waals surface area contributed by atoms with E-state index in [-0.39, 0.29) is 86.0 Å². The van der Waals surface area contributed by atoms with E-state index in [1.165, 1.54) is 18.9 Å². The molecule has 0 aromatic heterocycles. The fraction of sp³-hybridized carbons (Fsp3) is 0.579. The van der Waals surface area contributed by atoms with Gasteiger partial charge in [0.15, 0.2) is 11.6 Å². The largest absolute Gasteiger partial charge is 2.00 e. The Hall–Kier alpha value is -1.54. The van der Waals surface area contributed by atoms with Crippen molar-refractivity contribution in [3.63, 3.8) is 0 Å². The predicted octanol–water partition coefficient (Wildman–Crippen LogP) is -0.124. The zero-order chi connectivity index (χ0) is 24.4. The summed E-state index contributed by atoms with van der Waals surface area (Å²) in [7, 11) is -3.98. The number of nitrogens with zero attached hydrogens (tertiary/aromatic N) is 2. The summed E-state index contributed by atoms with van der Waals surface area (Å²) in [5, 5.41) is 2.51. The second-order valence-electron chi connectivity index (χ2n) is 7.95. The maximum absolute atomic E-state index is 14.9. The van der Waals surface area contributed by atoms with E-state index in [2.05, 4.69) is 5.32 Å². The number of phosphoric ester groups is 1. The van der Waals surface area contributed by atoms with Crippen LogP contribution in [0.15, 0.2) is 12.1 Å². The summed E-state index contributed by atoms with van der Waals surface area (Å²) in [4.78, 5) is 47.8. The second-order valence-corrected chi connectivity index (χ2v) is 9.03. The number of piperidine rings is 1. The smallest absolute Gasteiger partial charge is 0.790 e. The van der Waals surface area contributed by atoms with Crippen LogP contribution in [0.2, 0.25) is 0 Å². The van der Waals surface area contributed by atoms with Gasteiger partial charge in [-0.1, -0.05) is 0 Å². The Morgan fingerprint density at radius 3 is 2.38 bits per heavy atom. The van der Waals surface area contributed by atoms with Crippen molar-refractivity contribution in [3.8, 4) is 0 Å². The fourth-order valence-corrected chi connectivity index (χ4v) is 4.72. The van der Waals surface area contributed by atoms with Crippen LogP contribution in [0.5, 0.6) is 0 Å². The fourth-order valence-electron chi connectivity index (χ4n) is 4.01. The van der Waals surface area contributed by atoms with Crippen LogP contribution in [-0.4, -0.2) is 86.7 Å². The molecule has 2 heterocycles. The monoisotopic (exact) mass is 515 g/mol. The first kappa shape index (κ1) is 28.7. The van der Waals surface area contributed by atoms with E-state index in [4.69, 9.17) is 14.0 Å². The van der Waals surface area contributed by atoms with Crippen LogP contribution >= 0.6 is 7.82 Å². The summed E-state index contributed by atoms with van der Waals surface area (Å²) in [5.74, 6) is -2.16. The third-order valence-corrected chi connectivity index (χ3v) is 6.08. The minimum absolute atomic E-state index is 0. The van der Waals surface area contributed by atoms with Gasteiger partial charge < -0.3 is 38.6 Å². The molecule has 0 spiro atoms. The van der Waals surface area contributed by atoms with Crippen molar-refractivity contribution in [3.05, 3.63) is 23.8 Å². The quantitative estimate of drug-likeness (QED) is 0.370. The van der Waals surface area contributed by atoms with Crippen molar-refractivity contribution in [1.82, 2.24) is 5.32 Å². The first-order chi connectivity index (χ1) is 15.4. The van der Waals surface area contributed by atoms with E-state index in [0.717, 1.165) is 17.0 Å². The van der Waals surface area contributed by atoms with Crippen molar-refractivity contribution >= 4 is 54.3 Å². The van der Waals surface area contributed by atoms with E-state index < -0.39 is 37.3 Å². The van der Waals surface area contributed by atoms with Crippen LogP contribution in [-0.2, 0) is 23.4 Å². The maximum atomic E-state index is 14.9. The number of cyclic esters (lactones) is 1. The molecule has 0 saturated carbocycles. The Labute approximate surface area is 211 Å². The Balaban J connectivity index is 0.00000408. The molecule has 0 unspecified atom stereocenters. The van der Waals surface area contributed by atoms with E-state index in [1.807, 2.05) is 0 Å². The van der Waals surface area contributed by atoms with Gasteiger partial charge in [0.25, 0.3) is 0 Å². The summed E-state index contributed by atoms with van der Waals surface area (Å²) in [6.07, 6.45) is -1.49. The molecular weight excluding hydrogens is 491 g/mol. The number of rotatable bonds is 8. The van der Waals surface area contributed by atoms with E-state index >= 15 is 0 Å². The molecule has 2 fully saturated rings. The van der Waals surface area contributed by atoms with Gasteiger partial charge in [-0.25, -0.2) is 13.6 Å². The SMILES string of the molecule is COCC1(OP(=O)([O-])[O-])CCN(c2c(F)cc(N3C[C@H](CNC(C)=O)OC3=O)cc2F)CC1.[Mg+2]. The van der Waals surface area contributed by atoms with Crippen molar-refractivity contribution < 1.29 is 46.7 Å². The standard InChI is InChI=1S/C19H26F2N3O8P.Mg/c1-12(25)22-9-14-10-24(18(26)31-14)13-7-15(20)17(16(21)8-13)23-5-3-19(4-6-23,11-30-2)32-33(27,28)29;/h7-8,14H,3-6,9-11H2,1-2H3,(H,22,25)(H2,27,28,29);/q;+2/p-2/t14-;/m0./s1. The third kappa shape index (κ3) is 7.00. The van der Waals surface area contributed by atoms with Gasteiger partial charge in [-0.3, -0.25) is 9.69 Å². The minimum atomic E-state index is -5.30. The molecule has 2 saturated heterocycles. The van der Waals surface area contributed by atoms with Gasteiger partial charge in [-0.05, 0) is 12.8 Å². The number of carbonyl (C=O) groups excluding carboxylic acids is 2. The topological polar surface area (TPSA) is 144 Å². The Morgan fingerprint density at radius 2 is 1.88 bits per heavy atom. The number of hydrogen-bond acceptors (Lipinski definition) is 9. The molecule has 2 aliphatic rings. The van der Waals surface area contributed by atoms with E-state index in [9.17, 15) is 32.7 Å². The van der Waals surface area contributed by atoms with Crippen molar-refractivity contribution in [2.45, 2.75) is 31.5 Å². The van der Waals surface area contributed by atoms with Gasteiger partial charge in [-0.15, -0.1) is 0 Å². The molecule has 11 nitrogen and oxygen atoms in total. The molecule has 0 bridgehead atoms. The first-order valence-corrected chi connectivity index (χ1v) is 11.6. The van der Waals surface area contributed by atoms with Crippen LogP contribution in [0.3, 0.4) is 0 Å². The van der Waals surface area contributed by atoms with Crippen LogP contribution < -0.4 is 24.9 Å². The minimum Gasteiger partial charge on any atom is -0.790 e. The van der Waals surface area contributed by atoms with Crippen molar-refractivity contribution in [2.75, 3.05) is 49.7 Å². The van der Waals surface area contributed by atoms with Crippen LogP contribution in [0, 0.1) is 11.6 Å². The van der Waals surface area contributed by atoms with Gasteiger partial charge in [0, 0.05) is 39.3 Å². The normalized spacial score (nSPS) is 20.1. The Morgan fingerprint density at radius 1 is 1.29 bits per heavy atom. The number of nitrogens with one attached hydrogen (secondary N) is 1. The number of amides is 2. The van der Waals surface area contributed by atoms with Gasteiger partial charge in [0.05, 0.1) is 38.8 Å². The third-order valence-electron chi connectivity index (χ3n) is 5.47. The molecule has 1 atom stereocenters. The predicted molar refractivity (Wildman–Crippen MR) is 113 cm³/mol. The summed E-state index contributed by atoms with van der Waals surface area (Å²) in [5.41, 5.74) is -1.80. The molecule has 184 valence electrons. The van der Waals surface area contributed by atoms with Crippen molar-refractivity contribution in [2.24, 2.45) is 0 Å². The maximum Gasteiger partial charge on any atom is 2.00 e. The van der Waals surface area contributed by atoms with Crippen LogP contribution in [0.25, 0.3) is 0 Å². The molecular formula is C19H24F2MgN3O8P. The molecule has 1 aromatic rings. The molecule has 0 aliphatic carbocycles. The first-order valence-electron chi connectivity index (χ1n) is 10.1. The zero-order valence-corrected chi connectivity index (χ0v) is 21.1. The summed E-state index contributed by atoms with van der Waals surface area (Å²) < 4.78 is 55.8. The molecule has 3 rings (SSSR count). The Bertz CT molecular complexity index is 934. The number of benzene rings is 1. The summed E-state index contributed by atoms with van der Waals surface area (Å²) >= 11 is 0. The molecule has 2 amide bonds. The Kier molecular flexibility index (Phi) is 9.67. The summed E-state index contributed by atoms with van der Waals surface area (Å²) in [6.45, 7) is 1.21. The van der Waals surface area contributed by atoms with E-state index in [1.54, 1.807) is 0 Å². The average molecular weight is 516 g/mol.